The molecule has 0 amide bonds. The van der Waals surface area contributed by atoms with Gasteiger partial charge in [0.1, 0.15) is 11.4 Å². The van der Waals surface area contributed by atoms with Crippen LogP contribution in [0.5, 0.6) is 0 Å². The molecule has 2 aromatic heterocycles. The zero-order valence-corrected chi connectivity index (χ0v) is 13.0. The van der Waals surface area contributed by atoms with E-state index < -0.39 is 12.1 Å². The van der Waals surface area contributed by atoms with Gasteiger partial charge in [-0.3, -0.25) is 4.68 Å². The number of aromatic carboxylic acids is 1. The van der Waals surface area contributed by atoms with Gasteiger partial charge >= 0.3 is 5.97 Å². The van der Waals surface area contributed by atoms with Gasteiger partial charge in [0.05, 0.1) is 11.8 Å². The molecule has 0 aliphatic carbocycles. The average Bonchev–Trinajstić information content (AvgIpc) is 3.00. The third-order valence-corrected chi connectivity index (χ3v) is 4.46. The van der Waals surface area contributed by atoms with Crippen molar-refractivity contribution in [1.82, 2.24) is 14.8 Å². The molecule has 122 valence electrons. The fourth-order valence-electron chi connectivity index (χ4n) is 3.16. The number of carboxylic acid groups (broad SMARTS) is 1. The molecule has 1 fully saturated rings. The Labute approximate surface area is 134 Å². The van der Waals surface area contributed by atoms with E-state index in [1.54, 1.807) is 29.2 Å². The summed E-state index contributed by atoms with van der Waals surface area (Å²) in [6, 6.07) is 5.03. The SMILES string of the molecule is Cn1nccc1C(O)C1CCN(c2ncccc2C(=O)O)CC1. The van der Waals surface area contributed by atoms with Crippen molar-refractivity contribution in [3.63, 3.8) is 0 Å². The molecule has 2 aromatic rings. The van der Waals surface area contributed by atoms with Gasteiger partial charge in [-0.05, 0) is 37.0 Å². The molecule has 1 atom stereocenters. The third kappa shape index (κ3) is 3.05. The highest BCUT2D eigenvalue weighted by molar-refractivity contribution is 5.93. The predicted molar refractivity (Wildman–Crippen MR) is 84.3 cm³/mol. The van der Waals surface area contributed by atoms with E-state index >= 15 is 0 Å². The Morgan fingerprint density at radius 2 is 2.04 bits per heavy atom. The summed E-state index contributed by atoms with van der Waals surface area (Å²) in [5.74, 6) is -0.322. The standard InChI is InChI=1S/C16H20N4O3/c1-19-13(4-8-18-19)14(21)11-5-9-20(10-6-11)15-12(16(22)23)3-2-7-17-15/h2-4,7-8,11,14,21H,5-6,9-10H2,1H3,(H,22,23). The first-order valence-electron chi connectivity index (χ1n) is 7.67. The van der Waals surface area contributed by atoms with Crippen molar-refractivity contribution in [3.8, 4) is 0 Å². The average molecular weight is 316 g/mol. The highest BCUT2D eigenvalue weighted by Crippen LogP contribution is 2.32. The van der Waals surface area contributed by atoms with Crippen molar-refractivity contribution < 1.29 is 15.0 Å². The summed E-state index contributed by atoms with van der Waals surface area (Å²) < 4.78 is 1.69. The Morgan fingerprint density at radius 1 is 1.30 bits per heavy atom. The number of carbonyl (C=O) groups is 1. The predicted octanol–water partition coefficient (Wildman–Crippen LogP) is 1.46. The Kier molecular flexibility index (Phi) is 4.29. The van der Waals surface area contributed by atoms with E-state index in [2.05, 4.69) is 10.1 Å². The molecule has 1 aliphatic rings. The van der Waals surface area contributed by atoms with Gasteiger partial charge in [-0.2, -0.15) is 5.10 Å². The van der Waals surface area contributed by atoms with Crippen molar-refractivity contribution >= 4 is 11.8 Å². The van der Waals surface area contributed by atoms with E-state index in [-0.39, 0.29) is 11.5 Å². The minimum Gasteiger partial charge on any atom is -0.478 e. The number of aryl methyl sites for hydroxylation is 1. The summed E-state index contributed by atoms with van der Waals surface area (Å²) in [7, 11) is 1.82. The van der Waals surface area contributed by atoms with Crippen LogP contribution in [-0.4, -0.2) is 44.0 Å². The van der Waals surface area contributed by atoms with Gasteiger partial charge in [0, 0.05) is 32.5 Å². The molecule has 0 saturated carbocycles. The van der Waals surface area contributed by atoms with Crippen LogP contribution in [0.15, 0.2) is 30.6 Å². The lowest BCUT2D eigenvalue weighted by Gasteiger charge is -2.35. The van der Waals surface area contributed by atoms with Crippen LogP contribution in [0, 0.1) is 5.92 Å². The molecule has 2 N–H and O–H groups in total. The molecule has 3 rings (SSSR count). The fraction of sp³-hybridized carbons (Fsp3) is 0.438. The highest BCUT2D eigenvalue weighted by Gasteiger charge is 2.29. The Morgan fingerprint density at radius 3 is 2.65 bits per heavy atom. The number of aromatic nitrogens is 3. The molecule has 23 heavy (non-hydrogen) atoms. The van der Waals surface area contributed by atoms with Crippen molar-refractivity contribution in [2.75, 3.05) is 18.0 Å². The number of piperidine rings is 1. The van der Waals surface area contributed by atoms with Crippen LogP contribution < -0.4 is 4.90 Å². The first-order valence-corrected chi connectivity index (χ1v) is 7.67. The largest absolute Gasteiger partial charge is 0.478 e. The summed E-state index contributed by atoms with van der Waals surface area (Å²) in [4.78, 5) is 17.5. The van der Waals surface area contributed by atoms with Gasteiger partial charge in [-0.15, -0.1) is 0 Å². The maximum atomic E-state index is 11.3. The minimum absolute atomic E-state index is 0.138. The first kappa shape index (κ1) is 15.5. The topological polar surface area (TPSA) is 91.5 Å². The molecule has 0 aromatic carbocycles. The lowest BCUT2D eigenvalue weighted by atomic mass is 9.89. The van der Waals surface area contributed by atoms with Crippen LogP contribution in [0.25, 0.3) is 0 Å². The smallest absolute Gasteiger partial charge is 0.339 e. The van der Waals surface area contributed by atoms with E-state index in [1.807, 2.05) is 18.0 Å². The van der Waals surface area contributed by atoms with Crippen LogP contribution in [0.3, 0.4) is 0 Å². The summed E-state index contributed by atoms with van der Waals surface area (Å²) in [5.41, 5.74) is 1.03. The molecule has 1 unspecified atom stereocenters. The maximum Gasteiger partial charge on any atom is 0.339 e. The molecule has 7 nitrogen and oxygen atoms in total. The summed E-state index contributed by atoms with van der Waals surface area (Å²) >= 11 is 0. The molecule has 0 radical (unpaired) electrons. The fourth-order valence-corrected chi connectivity index (χ4v) is 3.16. The summed E-state index contributed by atoms with van der Waals surface area (Å²) in [5, 5.41) is 23.9. The van der Waals surface area contributed by atoms with Crippen molar-refractivity contribution in [2.24, 2.45) is 13.0 Å². The van der Waals surface area contributed by atoms with Gasteiger partial charge in [0.15, 0.2) is 0 Å². The normalized spacial score (nSPS) is 17.2. The summed E-state index contributed by atoms with van der Waals surface area (Å²) in [6.45, 7) is 1.35. The molecule has 1 saturated heterocycles. The van der Waals surface area contributed by atoms with Crippen molar-refractivity contribution in [1.29, 1.82) is 0 Å². The van der Waals surface area contributed by atoms with Gasteiger partial charge in [0.25, 0.3) is 0 Å². The Hall–Kier alpha value is -2.41. The molecule has 1 aliphatic heterocycles. The number of nitrogens with zero attached hydrogens (tertiary/aromatic N) is 4. The van der Waals surface area contributed by atoms with Crippen LogP contribution in [-0.2, 0) is 7.05 Å². The molecule has 7 heteroatoms. The molecule has 0 bridgehead atoms. The molecular formula is C16H20N4O3. The van der Waals surface area contributed by atoms with E-state index in [9.17, 15) is 15.0 Å². The zero-order valence-electron chi connectivity index (χ0n) is 13.0. The van der Waals surface area contributed by atoms with Crippen LogP contribution in [0.1, 0.15) is 35.0 Å². The minimum atomic E-state index is -0.967. The number of hydrogen-bond acceptors (Lipinski definition) is 5. The van der Waals surface area contributed by atoms with Crippen molar-refractivity contribution in [2.45, 2.75) is 18.9 Å². The maximum absolute atomic E-state index is 11.3. The molecular weight excluding hydrogens is 296 g/mol. The van der Waals surface area contributed by atoms with Gasteiger partial charge in [-0.25, -0.2) is 9.78 Å². The second-order valence-corrected chi connectivity index (χ2v) is 5.83. The summed E-state index contributed by atoms with van der Waals surface area (Å²) in [6.07, 6.45) is 4.30. The second-order valence-electron chi connectivity index (χ2n) is 5.83. The quantitative estimate of drug-likeness (QED) is 0.887. The Balaban J connectivity index is 1.70. The van der Waals surface area contributed by atoms with E-state index in [0.29, 0.717) is 18.9 Å². The number of aliphatic hydroxyl groups excluding tert-OH is 1. The lowest BCUT2D eigenvalue weighted by molar-refractivity contribution is 0.0695. The number of aliphatic hydroxyl groups is 1. The molecule has 0 spiro atoms. The monoisotopic (exact) mass is 316 g/mol. The Bertz CT molecular complexity index is 692. The third-order valence-electron chi connectivity index (χ3n) is 4.46. The van der Waals surface area contributed by atoms with Crippen LogP contribution in [0.4, 0.5) is 5.82 Å². The highest BCUT2D eigenvalue weighted by atomic mass is 16.4. The van der Waals surface area contributed by atoms with Gasteiger partial charge in [-0.1, -0.05) is 0 Å². The number of anilines is 1. The van der Waals surface area contributed by atoms with E-state index in [1.165, 1.54) is 0 Å². The van der Waals surface area contributed by atoms with Crippen molar-refractivity contribution in [3.05, 3.63) is 41.9 Å². The van der Waals surface area contributed by atoms with Crippen LogP contribution in [0.2, 0.25) is 0 Å². The van der Waals surface area contributed by atoms with E-state index in [4.69, 9.17) is 0 Å². The number of hydrogen-bond donors (Lipinski definition) is 2. The van der Waals surface area contributed by atoms with Gasteiger partial charge in [0.2, 0.25) is 0 Å². The lowest BCUT2D eigenvalue weighted by Crippen LogP contribution is -2.37. The number of pyridine rings is 1. The van der Waals surface area contributed by atoms with Gasteiger partial charge < -0.3 is 15.1 Å². The second kappa shape index (κ2) is 6.37. The zero-order chi connectivity index (χ0) is 16.4. The number of carboxylic acids is 1. The van der Waals surface area contributed by atoms with E-state index in [0.717, 1.165) is 18.5 Å². The first-order chi connectivity index (χ1) is 11.1. The number of rotatable bonds is 4. The molecule has 3 heterocycles. The van der Waals surface area contributed by atoms with Crippen LogP contribution >= 0.6 is 0 Å².